The number of hydrogen-bond donors (Lipinski definition) is 0. The molecule has 0 saturated heterocycles. The molecule has 0 radical (unpaired) electrons. The first-order valence-electron chi connectivity index (χ1n) is 12.3. The molecule has 1 nitrogen and oxygen atoms in total. The molecule has 0 spiro atoms. The summed E-state index contributed by atoms with van der Waals surface area (Å²) >= 11 is -3.94. The van der Waals surface area contributed by atoms with Gasteiger partial charge in [-0.05, 0) is 0 Å². The fourth-order valence-corrected chi connectivity index (χ4v) is 18.9. The Kier molecular flexibility index (Phi) is 8.54. The van der Waals surface area contributed by atoms with Crippen molar-refractivity contribution in [3.05, 3.63) is 137 Å². The summed E-state index contributed by atoms with van der Waals surface area (Å²) in [7, 11) is 0. The molecule has 170 valence electrons. The first-order chi connectivity index (χ1) is 16.8. The molecule has 4 rings (SSSR count). The molecule has 0 atom stereocenters. The summed E-state index contributed by atoms with van der Waals surface area (Å²) < 4.78 is 4.95. The number of carbonyl (C=O) groups is 1. The van der Waals surface area contributed by atoms with Gasteiger partial charge in [0.25, 0.3) is 0 Å². The van der Waals surface area contributed by atoms with Crippen LogP contribution >= 0.6 is 0 Å². The molecule has 2 heteroatoms. The Labute approximate surface area is 208 Å². The van der Waals surface area contributed by atoms with Gasteiger partial charge in [0.15, 0.2) is 0 Å². The maximum absolute atomic E-state index is 14.4. The zero-order valence-corrected chi connectivity index (χ0v) is 22.7. The molecule has 0 aromatic heterocycles. The normalized spacial score (nSPS) is 11.9. The Bertz CT molecular complexity index is 1100. The Morgan fingerprint density at radius 2 is 1.03 bits per heavy atom. The second-order valence-electron chi connectivity index (χ2n) is 8.66. The van der Waals surface area contributed by atoms with E-state index in [1.165, 1.54) is 23.6 Å². The molecule has 0 unspecified atom stereocenters. The molecule has 0 N–H and O–H groups in total. The van der Waals surface area contributed by atoms with Crippen LogP contribution in [0.5, 0.6) is 0 Å². The molecule has 0 fully saturated rings. The van der Waals surface area contributed by atoms with Crippen molar-refractivity contribution >= 4 is 34.9 Å². The summed E-state index contributed by atoms with van der Waals surface area (Å²) in [6.07, 6.45) is 6.66. The zero-order chi connectivity index (χ0) is 23.6. The van der Waals surface area contributed by atoms with E-state index in [1.807, 2.05) is 30.3 Å². The van der Waals surface area contributed by atoms with Crippen molar-refractivity contribution in [2.24, 2.45) is 0 Å². The van der Waals surface area contributed by atoms with Crippen LogP contribution in [-0.2, 0) is 0 Å². The van der Waals surface area contributed by atoms with Crippen LogP contribution < -0.4 is 10.7 Å². The number of unbranched alkanes of at least 4 members (excludes halogenated alkanes) is 3. The number of carbonyl (C=O) groups excluding carboxylic acids is 1. The first-order valence-corrected chi connectivity index (χ1v) is 18.0. The fraction of sp³-hybridized carbons (Fsp3) is 0.156. The summed E-state index contributed by atoms with van der Waals surface area (Å²) in [6, 6.07) is 42.2. The molecule has 4 aromatic carbocycles. The predicted molar refractivity (Wildman–Crippen MR) is 147 cm³/mol. The van der Waals surface area contributed by atoms with Crippen LogP contribution in [0.1, 0.15) is 43.0 Å². The van der Waals surface area contributed by atoms with Crippen LogP contribution in [0.3, 0.4) is 0 Å². The van der Waals surface area contributed by atoms with Gasteiger partial charge < -0.3 is 0 Å². The SMILES string of the molecule is CCCCC/C=[C](/C(=O)c1ccccc1)[Sn]([c]1ccccc1)([c]1ccccc1)[c]1ccccc1. The van der Waals surface area contributed by atoms with Crippen molar-refractivity contribution < 1.29 is 4.79 Å². The third-order valence-electron chi connectivity index (χ3n) is 6.46. The van der Waals surface area contributed by atoms with Gasteiger partial charge in [-0.1, -0.05) is 0 Å². The fourth-order valence-electron chi connectivity index (χ4n) is 4.83. The Hall–Kier alpha value is -2.91. The average molecular weight is 551 g/mol. The second kappa shape index (κ2) is 12.0. The maximum atomic E-state index is 14.4. The van der Waals surface area contributed by atoms with Crippen LogP contribution in [0.25, 0.3) is 0 Å². The van der Waals surface area contributed by atoms with Crippen molar-refractivity contribution in [2.75, 3.05) is 0 Å². The minimum absolute atomic E-state index is 0.171. The van der Waals surface area contributed by atoms with Gasteiger partial charge in [0.1, 0.15) is 0 Å². The van der Waals surface area contributed by atoms with Crippen molar-refractivity contribution in [3.63, 3.8) is 0 Å². The van der Waals surface area contributed by atoms with Crippen LogP contribution in [0.4, 0.5) is 0 Å². The van der Waals surface area contributed by atoms with E-state index in [-0.39, 0.29) is 5.78 Å². The van der Waals surface area contributed by atoms with Gasteiger partial charge in [0, 0.05) is 0 Å². The molecule has 0 aliphatic rings. The van der Waals surface area contributed by atoms with Crippen LogP contribution in [0.15, 0.2) is 131 Å². The molecule has 0 saturated carbocycles. The van der Waals surface area contributed by atoms with Gasteiger partial charge in [-0.25, -0.2) is 0 Å². The van der Waals surface area contributed by atoms with E-state index >= 15 is 0 Å². The van der Waals surface area contributed by atoms with E-state index in [9.17, 15) is 4.79 Å². The molecule has 0 aliphatic carbocycles. The summed E-state index contributed by atoms with van der Waals surface area (Å²) in [5.74, 6) is 0.171. The number of rotatable bonds is 10. The molecule has 0 bridgehead atoms. The van der Waals surface area contributed by atoms with Crippen molar-refractivity contribution in [2.45, 2.75) is 32.6 Å². The van der Waals surface area contributed by atoms with Gasteiger partial charge in [0.2, 0.25) is 0 Å². The monoisotopic (exact) mass is 552 g/mol. The van der Waals surface area contributed by atoms with E-state index in [1.54, 1.807) is 0 Å². The third-order valence-corrected chi connectivity index (χ3v) is 20.3. The second-order valence-corrected chi connectivity index (χ2v) is 19.4. The summed E-state index contributed by atoms with van der Waals surface area (Å²) in [4.78, 5) is 14.4. The van der Waals surface area contributed by atoms with Crippen LogP contribution in [-0.4, -0.2) is 24.2 Å². The minimum atomic E-state index is -3.94. The Morgan fingerprint density at radius 3 is 1.44 bits per heavy atom. The van der Waals surface area contributed by atoms with Crippen molar-refractivity contribution in [3.8, 4) is 0 Å². The average Bonchev–Trinajstić information content (AvgIpc) is 2.92. The van der Waals surface area contributed by atoms with E-state index in [2.05, 4.69) is 104 Å². The van der Waals surface area contributed by atoms with Crippen LogP contribution in [0.2, 0.25) is 0 Å². The molecule has 4 aromatic rings. The number of Topliss-reactive ketones (excluding diaryl/α,β-unsaturated/α-hetero) is 1. The Balaban J connectivity index is 2.05. The van der Waals surface area contributed by atoms with Gasteiger partial charge in [0.05, 0.1) is 0 Å². The third kappa shape index (κ3) is 5.10. The van der Waals surface area contributed by atoms with E-state index in [4.69, 9.17) is 0 Å². The molecular formula is C32H32OSn. The first kappa shape index (κ1) is 24.2. The van der Waals surface area contributed by atoms with Gasteiger partial charge in [-0.3, -0.25) is 0 Å². The Morgan fingerprint density at radius 1 is 0.618 bits per heavy atom. The predicted octanol–water partition coefficient (Wildman–Crippen LogP) is 6.09. The number of allylic oxidation sites excluding steroid dienone is 2. The standard InChI is InChI=1S/C14H17O.3C6H5.Sn/c1-2-3-4-5-9-12-14(15)13-10-7-6-8-11-13;3*1-2-4-6-5-3-1;/h6-11H,2-5H2,1H3;3*1-5H;. The topological polar surface area (TPSA) is 17.1 Å². The zero-order valence-electron chi connectivity index (χ0n) is 19.9. The summed E-state index contributed by atoms with van der Waals surface area (Å²) in [5.41, 5.74) is 0.771. The molecule has 0 aliphatic heterocycles. The molecule has 0 amide bonds. The summed E-state index contributed by atoms with van der Waals surface area (Å²) in [6.45, 7) is 2.22. The van der Waals surface area contributed by atoms with Crippen molar-refractivity contribution in [1.29, 1.82) is 0 Å². The molecule has 34 heavy (non-hydrogen) atoms. The van der Waals surface area contributed by atoms with Gasteiger partial charge >= 0.3 is 209 Å². The number of ketones is 1. The van der Waals surface area contributed by atoms with Crippen LogP contribution in [0, 0.1) is 0 Å². The number of hydrogen-bond acceptors (Lipinski definition) is 1. The van der Waals surface area contributed by atoms with E-state index in [0.717, 1.165) is 22.0 Å². The molecule has 0 heterocycles. The quantitative estimate of drug-likeness (QED) is 0.101. The van der Waals surface area contributed by atoms with Gasteiger partial charge in [-0.15, -0.1) is 0 Å². The summed E-state index contributed by atoms with van der Waals surface area (Å²) in [5, 5.41) is 0. The van der Waals surface area contributed by atoms with Gasteiger partial charge in [-0.2, -0.15) is 0 Å². The van der Waals surface area contributed by atoms with E-state index < -0.39 is 18.4 Å². The molecular weight excluding hydrogens is 519 g/mol. The van der Waals surface area contributed by atoms with Crippen molar-refractivity contribution in [1.82, 2.24) is 0 Å². The number of benzene rings is 4. The van der Waals surface area contributed by atoms with E-state index in [0.29, 0.717) is 0 Å².